The molecule has 9 nitrogen and oxygen atoms in total. The lowest BCUT2D eigenvalue weighted by atomic mass is 9.92. The van der Waals surface area contributed by atoms with E-state index in [4.69, 9.17) is 16.0 Å². The first-order chi connectivity index (χ1) is 15.1. The first-order valence-electron chi connectivity index (χ1n) is 9.25. The van der Waals surface area contributed by atoms with Gasteiger partial charge in [-0.1, -0.05) is 23.4 Å². The van der Waals surface area contributed by atoms with Crippen molar-refractivity contribution in [3.05, 3.63) is 58.0 Å². The third kappa shape index (κ3) is 5.16. The molecule has 3 rings (SSSR count). The molecule has 0 bridgehead atoms. The lowest BCUT2D eigenvalue weighted by Crippen LogP contribution is -2.31. The summed E-state index contributed by atoms with van der Waals surface area (Å²) in [6.45, 7) is 0. The summed E-state index contributed by atoms with van der Waals surface area (Å²) in [4.78, 5) is 24.6. The number of nitriles is 1. The van der Waals surface area contributed by atoms with Gasteiger partial charge in [0, 0.05) is 20.5 Å². The minimum Gasteiger partial charge on any atom is -0.469 e. The number of halogens is 1. The Morgan fingerprint density at radius 1 is 1.41 bits per heavy atom. The van der Waals surface area contributed by atoms with Crippen molar-refractivity contribution >= 4 is 50.9 Å². The van der Waals surface area contributed by atoms with E-state index in [2.05, 4.69) is 16.7 Å². The van der Waals surface area contributed by atoms with Crippen molar-refractivity contribution in [2.24, 2.45) is 0 Å². The minimum absolute atomic E-state index is 0.0230. The molecule has 1 unspecified atom stereocenters. The molecule has 0 radical (unpaired) electrons. The summed E-state index contributed by atoms with van der Waals surface area (Å²) >= 11 is 7.09. The molecule has 1 aromatic carbocycles. The molecule has 2 aromatic rings. The average Bonchev–Trinajstić information content (AvgIpc) is 3.28. The van der Waals surface area contributed by atoms with Gasteiger partial charge in [-0.3, -0.25) is 9.59 Å². The Balaban J connectivity index is 1.76. The van der Waals surface area contributed by atoms with Crippen molar-refractivity contribution in [2.75, 3.05) is 25.2 Å². The Hall–Kier alpha value is -2.78. The van der Waals surface area contributed by atoms with Gasteiger partial charge in [0.1, 0.15) is 5.76 Å². The summed E-state index contributed by atoms with van der Waals surface area (Å²) in [7, 11) is -0.914. The zero-order chi connectivity index (χ0) is 23.5. The maximum atomic E-state index is 12.5. The second-order valence-corrected chi connectivity index (χ2v) is 10.5. The van der Waals surface area contributed by atoms with Crippen LogP contribution in [0.4, 0.5) is 5.69 Å². The quantitative estimate of drug-likeness (QED) is 0.604. The van der Waals surface area contributed by atoms with E-state index < -0.39 is 21.8 Å². The van der Waals surface area contributed by atoms with Crippen LogP contribution in [0.15, 0.2) is 56.5 Å². The van der Waals surface area contributed by atoms with E-state index in [0.29, 0.717) is 11.3 Å². The second kappa shape index (κ2) is 9.79. The molecule has 0 saturated carbocycles. The molecule has 1 aliphatic heterocycles. The summed E-state index contributed by atoms with van der Waals surface area (Å²) in [5.41, 5.74) is 0.435. The fourth-order valence-electron chi connectivity index (χ4n) is 2.96. The van der Waals surface area contributed by atoms with Gasteiger partial charge in [-0.05, 0) is 30.3 Å². The normalized spacial score (nSPS) is 16.6. The van der Waals surface area contributed by atoms with Crippen LogP contribution in [0, 0.1) is 11.3 Å². The Morgan fingerprint density at radius 3 is 2.78 bits per heavy atom. The highest BCUT2D eigenvalue weighted by atomic mass is 35.5. The van der Waals surface area contributed by atoms with E-state index in [9.17, 15) is 23.3 Å². The van der Waals surface area contributed by atoms with Crippen molar-refractivity contribution in [3.63, 3.8) is 0 Å². The molecule has 2 N–H and O–H groups in total. The summed E-state index contributed by atoms with van der Waals surface area (Å²) in [6, 6.07) is 9.45. The summed E-state index contributed by atoms with van der Waals surface area (Å²) in [6.07, 6.45) is 1.53. The average molecular weight is 495 g/mol. The van der Waals surface area contributed by atoms with Crippen LogP contribution in [0.2, 0.25) is 5.02 Å². The van der Waals surface area contributed by atoms with Gasteiger partial charge >= 0.3 is 0 Å². The van der Waals surface area contributed by atoms with Crippen molar-refractivity contribution in [1.82, 2.24) is 9.62 Å². The third-order valence-electron chi connectivity index (χ3n) is 4.58. The molecular weight excluding hydrogens is 476 g/mol. The molecule has 0 fully saturated rings. The van der Waals surface area contributed by atoms with E-state index >= 15 is 0 Å². The zero-order valence-corrected chi connectivity index (χ0v) is 19.5. The fraction of sp³-hybridized carbons (Fsp3) is 0.250. The molecular formula is C20H19ClN4O5S2. The van der Waals surface area contributed by atoms with Gasteiger partial charge < -0.3 is 15.1 Å². The Morgan fingerprint density at radius 2 is 2.16 bits per heavy atom. The summed E-state index contributed by atoms with van der Waals surface area (Å²) < 4.78 is 31.1. The number of carbonyl (C=O) groups excluding carboxylic acids is 2. The molecule has 1 atom stereocenters. The van der Waals surface area contributed by atoms with Gasteiger partial charge in [0.15, 0.2) is 0 Å². The first kappa shape index (κ1) is 23.9. The van der Waals surface area contributed by atoms with Crippen LogP contribution in [0.1, 0.15) is 18.1 Å². The molecule has 1 aliphatic rings. The predicted octanol–water partition coefficient (Wildman–Crippen LogP) is 2.89. The zero-order valence-electron chi connectivity index (χ0n) is 17.1. The van der Waals surface area contributed by atoms with Crippen LogP contribution >= 0.6 is 23.4 Å². The maximum Gasteiger partial charge on any atom is 0.242 e. The topological polar surface area (TPSA) is 133 Å². The monoisotopic (exact) mass is 494 g/mol. The molecule has 168 valence electrons. The van der Waals surface area contributed by atoms with E-state index in [1.807, 2.05) is 0 Å². The molecule has 2 heterocycles. The number of sulfonamides is 1. The highest BCUT2D eigenvalue weighted by Gasteiger charge is 2.31. The van der Waals surface area contributed by atoms with E-state index in [1.165, 1.54) is 38.6 Å². The maximum absolute atomic E-state index is 12.5. The Bertz CT molecular complexity index is 1220. The highest BCUT2D eigenvalue weighted by Crippen LogP contribution is 2.36. The van der Waals surface area contributed by atoms with Crippen molar-refractivity contribution < 1.29 is 22.4 Å². The van der Waals surface area contributed by atoms with Crippen LogP contribution < -0.4 is 10.6 Å². The molecule has 0 spiro atoms. The molecule has 0 saturated heterocycles. The summed E-state index contributed by atoms with van der Waals surface area (Å²) in [5, 5.41) is 15.3. The van der Waals surface area contributed by atoms with Crippen LogP contribution in [-0.4, -0.2) is 44.4 Å². The van der Waals surface area contributed by atoms with E-state index in [1.54, 1.807) is 12.1 Å². The number of carbonyl (C=O) groups is 2. The number of amides is 2. The lowest BCUT2D eigenvalue weighted by Gasteiger charge is -2.23. The minimum atomic E-state index is -3.71. The van der Waals surface area contributed by atoms with Gasteiger partial charge in [0.05, 0.1) is 50.2 Å². The number of thioether (sulfide) groups is 1. The largest absolute Gasteiger partial charge is 0.469 e. The van der Waals surface area contributed by atoms with Crippen LogP contribution in [0.25, 0.3) is 0 Å². The van der Waals surface area contributed by atoms with Crippen molar-refractivity contribution in [2.45, 2.75) is 17.2 Å². The first-order valence-corrected chi connectivity index (χ1v) is 12.1. The number of allylic oxidation sites excluding steroid dienone is 1. The van der Waals surface area contributed by atoms with Gasteiger partial charge in [-0.2, -0.15) is 5.26 Å². The van der Waals surface area contributed by atoms with Crippen molar-refractivity contribution in [1.29, 1.82) is 5.26 Å². The fourth-order valence-corrected chi connectivity index (χ4v) is 4.93. The Labute approximate surface area is 194 Å². The number of nitrogens with zero attached hydrogens (tertiary/aromatic N) is 2. The van der Waals surface area contributed by atoms with Crippen LogP contribution in [-0.2, 0) is 19.6 Å². The molecule has 1 aromatic heterocycles. The highest BCUT2D eigenvalue weighted by molar-refractivity contribution is 8.03. The smallest absolute Gasteiger partial charge is 0.242 e. The third-order valence-corrected chi connectivity index (χ3v) is 7.74. The SMILES string of the molecule is CN(C)S(=O)(=O)c1ccc(Cl)c(NC(=O)CSC2=C(C#N)C(c3ccco3)CC(=O)N2)c1. The molecule has 32 heavy (non-hydrogen) atoms. The number of hydrogen-bond donors (Lipinski definition) is 2. The van der Waals surface area contributed by atoms with Crippen LogP contribution in [0.3, 0.4) is 0 Å². The number of hydrogen-bond acceptors (Lipinski definition) is 7. The number of anilines is 1. The molecule has 12 heteroatoms. The lowest BCUT2D eigenvalue weighted by molar-refractivity contribution is -0.121. The second-order valence-electron chi connectivity index (χ2n) is 6.94. The standard InChI is InChI=1S/C20H19ClN4O5S2/c1-25(2)32(28,29)12-5-6-15(21)16(8-12)23-19(27)11-31-20-14(10-22)13(9-18(26)24-20)17-4-3-7-30-17/h3-8,13H,9,11H2,1-2H3,(H,23,27)(H,24,26). The van der Waals surface area contributed by atoms with Crippen LogP contribution in [0.5, 0.6) is 0 Å². The van der Waals surface area contributed by atoms with Gasteiger partial charge in [0.2, 0.25) is 21.8 Å². The number of benzene rings is 1. The predicted molar refractivity (Wildman–Crippen MR) is 120 cm³/mol. The number of nitrogens with one attached hydrogen (secondary N) is 2. The van der Waals surface area contributed by atoms with E-state index in [0.717, 1.165) is 16.1 Å². The number of furan rings is 1. The molecule has 2 amide bonds. The molecule has 0 aliphatic carbocycles. The van der Waals surface area contributed by atoms with Gasteiger partial charge in [0.25, 0.3) is 0 Å². The summed E-state index contributed by atoms with van der Waals surface area (Å²) in [5.74, 6) is -0.970. The van der Waals surface area contributed by atoms with Gasteiger partial charge in [-0.25, -0.2) is 12.7 Å². The number of rotatable bonds is 7. The van der Waals surface area contributed by atoms with Crippen molar-refractivity contribution in [3.8, 4) is 6.07 Å². The van der Waals surface area contributed by atoms with E-state index in [-0.39, 0.29) is 38.7 Å². The van der Waals surface area contributed by atoms with Gasteiger partial charge in [-0.15, -0.1) is 0 Å². The Kier molecular flexibility index (Phi) is 7.30.